The lowest BCUT2D eigenvalue weighted by atomic mass is 9.98. The van der Waals surface area contributed by atoms with Crippen molar-refractivity contribution in [2.24, 2.45) is 0 Å². The van der Waals surface area contributed by atoms with Gasteiger partial charge in [0.25, 0.3) is 11.8 Å². The number of carbonyl (C=O) groups is 3. The number of esters is 1. The third kappa shape index (κ3) is 5.68. The zero-order chi connectivity index (χ0) is 26.1. The summed E-state index contributed by atoms with van der Waals surface area (Å²) in [5, 5.41) is 7.61. The third-order valence-corrected chi connectivity index (χ3v) is 8.13. The number of fused-ring (bicyclic) bond motifs is 2. The maximum atomic E-state index is 13.2. The number of piperidine rings is 1. The van der Waals surface area contributed by atoms with E-state index in [-0.39, 0.29) is 30.4 Å². The Morgan fingerprint density at radius 1 is 1.16 bits per heavy atom. The van der Waals surface area contributed by atoms with Crippen molar-refractivity contribution in [2.45, 2.75) is 38.4 Å². The van der Waals surface area contributed by atoms with Crippen LogP contribution in [0.1, 0.15) is 42.8 Å². The minimum atomic E-state index is -0.398. The van der Waals surface area contributed by atoms with Crippen molar-refractivity contribution < 1.29 is 19.1 Å². The highest BCUT2D eigenvalue weighted by Gasteiger charge is 2.34. The van der Waals surface area contributed by atoms with E-state index in [1.54, 1.807) is 0 Å². The Kier molecular flexibility index (Phi) is 7.27. The monoisotopic (exact) mass is 524 g/mol. The van der Waals surface area contributed by atoms with Crippen molar-refractivity contribution >= 4 is 40.0 Å². The van der Waals surface area contributed by atoms with Crippen LogP contribution in [0.15, 0.2) is 24.3 Å². The van der Waals surface area contributed by atoms with Gasteiger partial charge in [-0.1, -0.05) is 11.6 Å². The molecule has 1 fully saturated rings. The number of benzene rings is 1. The van der Waals surface area contributed by atoms with E-state index in [4.69, 9.17) is 4.74 Å². The average molecular weight is 525 g/mol. The number of ether oxygens (including phenoxy) is 1. The number of amides is 2. The van der Waals surface area contributed by atoms with Gasteiger partial charge in [0.2, 0.25) is 0 Å². The maximum absolute atomic E-state index is 13.2. The Morgan fingerprint density at radius 2 is 1.97 bits per heavy atom. The van der Waals surface area contributed by atoms with Gasteiger partial charge in [0.1, 0.15) is 5.69 Å². The predicted molar refractivity (Wildman–Crippen MR) is 141 cm³/mol. The van der Waals surface area contributed by atoms with Gasteiger partial charge in [-0.05, 0) is 38.6 Å². The van der Waals surface area contributed by atoms with Crippen molar-refractivity contribution in [2.75, 3.05) is 40.3 Å². The first-order valence-corrected chi connectivity index (χ1v) is 13.3. The summed E-state index contributed by atoms with van der Waals surface area (Å²) in [6.07, 6.45) is 1.40. The fourth-order valence-corrected chi connectivity index (χ4v) is 6.09. The molecule has 5 rings (SSSR count). The summed E-state index contributed by atoms with van der Waals surface area (Å²) in [5.41, 5.74) is 3.48. The number of methoxy groups -OCH3 is 1. The molecule has 1 aromatic carbocycles. The van der Waals surface area contributed by atoms with Gasteiger partial charge in [0.15, 0.2) is 5.01 Å². The average Bonchev–Trinajstić information content (AvgIpc) is 3.49. The van der Waals surface area contributed by atoms with Crippen LogP contribution in [0.5, 0.6) is 0 Å². The van der Waals surface area contributed by atoms with E-state index in [0.717, 1.165) is 46.5 Å². The number of rotatable bonds is 6. The molecule has 1 saturated heterocycles. The normalized spacial score (nSPS) is 20.4. The van der Waals surface area contributed by atoms with Crippen LogP contribution in [-0.4, -0.2) is 90.0 Å². The number of H-pyrrole nitrogens is 1. The standard InChI is InChI=1S/C26H32N6O4S/c1-15-4-5-17-16(10-15)11-20(27-17)24(34)28-18-7-9-32(14-23(33)36-3)12-21(18)29-25(35)26-30-19-6-8-31(2)13-22(19)37-26/h4-5,10-11,18,21,27H,6-9,12-14H2,1-3H3,(H,28,34)(H,29,35)/t18-,21+/m0/s1. The molecule has 4 heterocycles. The number of aryl methyl sites for hydroxylation is 1. The molecular formula is C26H32N6O4S. The molecule has 3 N–H and O–H groups in total. The molecule has 2 amide bonds. The predicted octanol–water partition coefficient (Wildman–Crippen LogP) is 1.70. The maximum Gasteiger partial charge on any atom is 0.319 e. The molecule has 0 aliphatic carbocycles. The minimum Gasteiger partial charge on any atom is -0.468 e. The highest BCUT2D eigenvalue weighted by atomic mass is 32.1. The summed E-state index contributed by atoms with van der Waals surface area (Å²) in [6, 6.07) is 7.12. The molecule has 0 unspecified atom stereocenters. The van der Waals surface area contributed by atoms with E-state index in [9.17, 15) is 14.4 Å². The second-order valence-corrected chi connectivity index (χ2v) is 11.0. The Balaban J connectivity index is 1.32. The molecule has 0 radical (unpaired) electrons. The lowest BCUT2D eigenvalue weighted by molar-refractivity contribution is -0.142. The van der Waals surface area contributed by atoms with E-state index in [1.807, 2.05) is 36.1 Å². The molecule has 37 heavy (non-hydrogen) atoms. The number of hydrogen-bond donors (Lipinski definition) is 3. The summed E-state index contributed by atoms with van der Waals surface area (Å²) in [4.78, 5) is 51.4. The summed E-state index contributed by atoms with van der Waals surface area (Å²) in [6.45, 7) is 4.85. The van der Waals surface area contributed by atoms with Gasteiger partial charge < -0.3 is 25.3 Å². The zero-order valence-corrected chi connectivity index (χ0v) is 22.1. The van der Waals surface area contributed by atoms with Gasteiger partial charge >= 0.3 is 5.97 Å². The van der Waals surface area contributed by atoms with Crippen molar-refractivity contribution in [3.05, 3.63) is 51.1 Å². The molecule has 0 saturated carbocycles. The van der Waals surface area contributed by atoms with Crippen molar-refractivity contribution in [3.8, 4) is 0 Å². The number of thiazole rings is 1. The number of nitrogens with one attached hydrogen (secondary N) is 3. The van der Waals surface area contributed by atoms with Gasteiger partial charge in [-0.15, -0.1) is 11.3 Å². The molecule has 11 heteroatoms. The molecule has 0 spiro atoms. The SMILES string of the molecule is COC(=O)CN1CC[C@H](NC(=O)c2cc3cc(C)ccc3[nH]2)[C@H](NC(=O)c2nc3c(s2)CN(C)CC3)C1. The number of likely N-dealkylation sites (N-methyl/N-ethyl adjacent to an activating group) is 1. The third-order valence-electron chi connectivity index (χ3n) is 7.05. The summed E-state index contributed by atoms with van der Waals surface area (Å²) in [5.74, 6) is -0.822. The zero-order valence-electron chi connectivity index (χ0n) is 21.3. The number of likely N-dealkylation sites (tertiary alicyclic amines) is 1. The van der Waals surface area contributed by atoms with Gasteiger partial charge in [-0.2, -0.15) is 0 Å². The Labute approximate surface area is 219 Å². The molecule has 196 valence electrons. The van der Waals surface area contributed by atoms with Crippen LogP contribution in [0.3, 0.4) is 0 Å². The van der Waals surface area contributed by atoms with E-state index in [2.05, 4.69) is 32.5 Å². The van der Waals surface area contributed by atoms with Crippen LogP contribution in [0, 0.1) is 6.92 Å². The fraction of sp³-hybridized carbons (Fsp3) is 0.462. The van der Waals surface area contributed by atoms with Gasteiger partial charge in [-0.25, -0.2) is 4.98 Å². The summed E-state index contributed by atoms with van der Waals surface area (Å²) >= 11 is 1.42. The second kappa shape index (κ2) is 10.6. The Morgan fingerprint density at radius 3 is 2.78 bits per heavy atom. The quantitative estimate of drug-likeness (QED) is 0.420. The van der Waals surface area contributed by atoms with Crippen LogP contribution in [0.2, 0.25) is 0 Å². The topological polar surface area (TPSA) is 120 Å². The smallest absolute Gasteiger partial charge is 0.319 e. The second-order valence-electron chi connectivity index (χ2n) is 9.91. The lowest BCUT2D eigenvalue weighted by Gasteiger charge is -2.38. The van der Waals surface area contributed by atoms with E-state index >= 15 is 0 Å². The van der Waals surface area contributed by atoms with Crippen molar-refractivity contribution in [1.82, 2.24) is 30.4 Å². The van der Waals surface area contributed by atoms with Gasteiger partial charge in [0, 0.05) is 48.4 Å². The van der Waals surface area contributed by atoms with E-state index < -0.39 is 6.04 Å². The largest absolute Gasteiger partial charge is 0.468 e. The van der Waals surface area contributed by atoms with Crippen molar-refractivity contribution in [3.63, 3.8) is 0 Å². The first-order valence-electron chi connectivity index (χ1n) is 12.5. The number of hydrogen-bond acceptors (Lipinski definition) is 8. The van der Waals surface area contributed by atoms with E-state index in [0.29, 0.717) is 30.2 Å². The number of aromatic nitrogens is 2. The fourth-order valence-electron chi connectivity index (χ4n) is 5.00. The summed E-state index contributed by atoms with van der Waals surface area (Å²) < 4.78 is 4.83. The number of aromatic amines is 1. The van der Waals surface area contributed by atoms with E-state index in [1.165, 1.54) is 18.4 Å². The molecule has 10 nitrogen and oxygen atoms in total. The number of carbonyl (C=O) groups excluding carboxylic acids is 3. The van der Waals surface area contributed by atoms with Crippen LogP contribution < -0.4 is 10.6 Å². The van der Waals surface area contributed by atoms with Crippen LogP contribution >= 0.6 is 11.3 Å². The number of nitrogens with zero attached hydrogens (tertiary/aromatic N) is 3. The molecular weight excluding hydrogens is 492 g/mol. The van der Waals surface area contributed by atoms with Crippen LogP contribution in [0.4, 0.5) is 0 Å². The molecule has 0 bridgehead atoms. The minimum absolute atomic E-state index is 0.128. The Hall–Kier alpha value is -3.28. The van der Waals surface area contributed by atoms with Gasteiger partial charge in [-0.3, -0.25) is 19.3 Å². The molecule has 2 aliphatic heterocycles. The van der Waals surface area contributed by atoms with Crippen LogP contribution in [-0.2, 0) is 22.5 Å². The Bertz CT molecular complexity index is 1330. The molecule has 2 atom stereocenters. The molecule has 3 aromatic rings. The first kappa shape index (κ1) is 25.4. The van der Waals surface area contributed by atoms with Gasteiger partial charge in [0.05, 0.1) is 31.4 Å². The van der Waals surface area contributed by atoms with Crippen molar-refractivity contribution in [1.29, 1.82) is 0 Å². The summed E-state index contributed by atoms with van der Waals surface area (Å²) in [7, 11) is 3.42. The lowest BCUT2D eigenvalue weighted by Crippen LogP contribution is -2.61. The molecule has 2 aliphatic rings. The first-order chi connectivity index (χ1) is 17.8. The van der Waals surface area contributed by atoms with Crippen LogP contribution in [0.25, 0.3) is 10.9 Å². The molecule has 2 aromatic heterocycles. The highest BCUT2D eigenvalue weighted by molar-refractivity contribution is 7.13. The highest BCUT2D eigenvalue weighted by Crippen LogP contribution is 2.25.